The zero-order chi connectivity index (χ0) is 25.3. The van der Waals surface area contributed by atoms with Crippen molar-refractivity contribution >= 4 is 22.7 Å². The number of hydrogen-bond acceptors (Lipinski definition) is 7. The third kappa shape index (κ3) is 2.58. The summed E-state index contributed by atoms with van der Waals surface area (Å²) in [6, 6.07) is 5.82. The van der Waals surface area contributed by atoms with E-state index in [1.54, 1.807) is 0 Å². The smallest absolute Gasteiger partial charge is 0.292 e. The van der Waals surface area contributed by atoms with E-state index in [-0.39, 0.29) is 29.8 Å². The number of alkyl halides is 1. The molecule has 2 aliphatic heterocycles. The third-order valence-electron chi connectivity index (χ3n) is 10.4. The van der Waals surface area contributed by atoms with Gasteiger partial charge in [0.05, 0.1) is 11.7 Å². The number of nitrogens with zero attached hydrogens (tertiary/aromatic N) is 2. The third-order valence-corrected chi connectivity index (χ3v) is 10.4. The van der Waals surface area contributed by atoms with Crippen LogP contribution in [0.4, 0.5) is 10.4 Å². The van der Waals surface area contributed by atoms with Crippen molar-refractivity contribution in [2.45, 2.75) is 80.6 Å². The monoisotopic (exact) mass is 495 g/mol. The van der Waals surface area contributed by atoms with Crippen molar-refractivity contribution in [1.82, 2.24) is 9.88 Å². The number of rotatable bonds is 2. The molecule has 192 valence electrons. The summed E-state index contributed by atoms with van der Waals surface area (Å²) < 4.78 is 29.3. The molecule has 7 rings (SSSR count). The number of hydrogen-bond donors (Lipinski definition) is 3. The van der Waals surface area contributed by atoms with E-state index in [4.69, 9.17) is 14.9 Å². The number of aromatic nitrogens is 1. The predicted octanol–water partition coefficient (Wildman–Crippen LogP) is 3.61. The Morgan fingerprint density at radius 1 is 1.19 bits per heavy atom. The largest absolute Gasteiger partial charge is 0.424 e. The first-order chi connectivity index (χ1) is 17.0. The van der Waals surface area contributed by atoms with Crippen LogP contribution in [-0.4, -0.2) is 69.3 Å². The number of likely N-dealkylation sites (N-methyl/N-ethyl adjacent to an activating group) is 1. The van der Waals surface area contributed by atoms with Crippen LogP contribution in [0.1, 0.15) is 51.0 Å². The van der Waals surface area contributed by atoms with E-state index < -0.39 is 29.1 Å². The molecule has 8 heteroatoms. The highest BCUT2D eigenvalue weighted by Crippen LogP contribution is 2.70. The molecular formula is C28H34FN3O4. The Bertz CT molecular complexity index is 1340. The molecule has 3 heterocycles. The highest BCUT2D eigenvalue weighted by Gasteiger charge is 2.76. The summed E-state index contributed by atoms with van der Waals surface area (Å²) in [4.78, 5) is 6.20. The van der Waals surface area contributed by atoms with Crippen molar-refractivity contribution in [2.24, 2.45) is 11.3 Å². The summed E-state index contributed by atoms with van der Waals surface area (Å²) in [6.45, 7) is 2.30. The molecule has 1 saturated carbocycles. The second kappa shape index (κ2) is 6.98. The molecule has 8 atom stereocenters. The van der Waals surface area contributed by atoms with Gasteiger partial charge in [0.15, 0.2) is 11.3 Å². The average molecular weight is 496 g/mol. The van der Waals surface area contributed by atoms with Crippen LogP contribution in [0.15, 0.2) is 40.3 Å². The molecule has 0 amide bonds. The van der Waals surface area contributed by atoms with Crippen LogP contribution in [0.25, 0.3) is 16.7 Å². The molecule has 3 aliphatic carbocycles. The lowest BCUT2D eigenvalue weighted by Crippen LogP contribution is -2.73. The number of benzene rings is 1. The number of anilines is 1. The molecule has 2 bridgehead atoms. The normalized spacial score (nSPS) is 45.3. The van der Waals surface area contributed by atoms with Crippen LogP contribution < -0.4 is 5.73 Å². The van der Waals surface area contributed by atoms with Crippen LogP contribution in [0.5, 0.6) is 0 Å². The lowest BCUT2D eigenvalue weighted by Gasteiger charge is -2.61. The van der Waals surface area contributed by atoms with Crippen molar-refractivity contribution in [2.75, 3.05) is 19.8 Å². The van der Waals surface area contributed by atoms with E-state index >= 15 is 4.39 Å². The minimum atomic E-state index is -1.99. The van der Waals surface area contributed by atoms with Crippen molar-refractivity contribution in [1.29, 1.82) is 0 Å². The summed E-state index contributed by atoms with van der Waals surface area (Å²) >= 11 is 0. The fourth-order valence-electron chi connectivity index (χ4n) is 8.54. The lowest BCUT2D eigenvalue weighted by atomic mass is 9.56. The molecule has 5 aliphatic rings. The Hall–Kier alpha value is -2.26. The summed E-state index contributed by atoms with van der Waals surface area (Å²) in [5.74, 6) is 0.170. The van der Waals surface area contributed by atoms with Crippen LogP contribution >= 0.6 is 0 Å². The van der Waals surface area contributed by atoms with E-state index in [0.717, 1.165) is 35.9 Å². The highest BCUT2D eigenvalue weighted by atomic mass is 19.1. The van der Waals surface area contributed by atoms with Gasteiger partial charge in [-0.15, -0.1) is 0 Å². The van der Waals surface area contributed by atoms with Crippen LogP contribution in [0, 0.1) is 11.3 Å². The molecule has 2 saturated heterocycles. The number of halogens is 1. The van der Waals surface area contributed by atoms with Crippen molar-refractivity contribution in [3.05, 3.63) is 41.5 Å². The fraction of sp³-hybridized carbons (Fsp3) is 0.607. The molecule has 7 nitrogen and oxygen atoms in total. The number of allylic oxidation sites excluding steroid dienone is 3. The number of oxazole rings is 1. The molecule has 2 aromatic rings. The molecule has 1 aromatic heterocycles. The Morgan fingerprint density at radius 2 is 2.00 bits per heavy atom. The van der Waals surface area contributed by atoms with Gasteiger partial charge in [0, 0.05) is 23.8 Å². The highest BCUT2D eigenvalue weighted by molar-refractivity contribution is 5.83. The van der Waals surface area contributed by atoms with E-state index in [9.17, 15) is 10.2 Å². The first-order valence-corrected chi connectivity index (χ1v) is 13.0. The Balaban J connectivity index is 1.29. The first-order valence-electron chi connectivity index (χ1n) is 13.0. The summed E-state index contributed by atoms with van der Waals surface area (Å²) in [5, 5.41) is 21.9. The zero-order valence-corrected chi connectivity index (χ0v) is 21.0. The van der Waals surface area contributed by atoms with Gasteiger partial charge >= 0.3 is 0 Å². The first kappa shape index (κ1) is 22.9. The van der Waals surface area contributed by atoms with Gasteiger partial charge in [0.25, 0.3) is 6.01 Å². The number of aliphatic hydroxyl groups is 2. The quantitative estimate of drug-likeness (QED) is 0.547. The second-order valence-electron chi connectivity index (χ2n) is 12.2. The molecule has 2 unspecified atom stereocenters. The SMILES string of the molecule is CN(C)[C@H]1C[C@@]23CC[C@@]4(O2)C(=CC[C@]2(C)C(c5ccc6oc(N)nc6c5)=CCC24)CC3(F)[C@@H](O)[C@@H]1O. The maximum atomic E-state index is 16.8. The van der Waals surface area contributed by atoms with Gasteiger partial charge in [-0.3, -0.25) is 0 Å². The standard InChI is InChI=1S/C28H34FN3O4/c1-25-9-8-16-13-28(29)23(34)22(33)19(32(2)3)14-26(28)10-11-27(16,36-26)21(25)7-5-17(25)15-4-6-20-18(12-15)31-24(30)35-20/h4-6,8,12,19,21-23,33-34H,7,9-11,13-14H2,1-3H3,(H2,30,31)/t19-,21?,22+,23-,25+,26+,27+,28?/m0/s1. The topological polar surface area (TPSA) is 105 Å². The number of aliphatic hydroxyl groups excluding tert-OH is 2. The summed E-state index contributed by atoms with van der Waals surface area (Å²) in [5.41, 5.74) is 6.66. The molecule has 4 N–H and O–H groups in total. The average Bonchev–Trinajstić information content (AvgIpc) is 3.49. The number of ether oxygens (including phenoxy) is 1. The molecule has 36 heavy (non-hydrogen) atoms. The number of fused-ring (bicyclic) bond motifs is 2. The maximum absolute atomic E-state index is 16.8. The van der Waals surface area contributed by atoms with Gasteiger partial charge < -0.3 is 30.0 Å². The molecule has 0 radical (unpaired) electrons. The van der Waals surface area contributed by atoms with Crippen molar-refractivity contribution < 1.29 is 23.8 Å². The van der Waals surface area contributed by atoms with Crippen LogP contribution in [0.3, 0.4) is 0 Å². The van der Waals surface area contributed by atoms with E-state index in [2.05, 4.69) is 30.1 Å². The van der Waals surface area contributed by atoms with Crippen LogP contribution in [-0.2, 0) is 4.74 Å². The Kier molecular flexibility index (Phi) is 4.44. The van der Waals surface area contributed by atoms with Crippen molar-refractivity contribution in [3.8, 4) is 0 Å². The van der Waals surface area contributed by atoms with Gasteiger partial charge in [-0.2, -0.15) is 4.98 Å². The summed E-state index contributed by atoms with van der Waals surface area (Å²) in [7, 11) is 3.73. The van der Waals surface area contributed by atoms with Gasteiger partial charge in [-0.05, 0) is 75.0 Å². The lowest BCUT2D eigenvalue weighted by molar-refractivity contribution is -0.282. The zero-order valence-electron chi connectivity index (χ0n) is 21.0. The van der Waals surface area contributed by atoms with Gasteiger partial charge in [0.2, 0.25) is 0 Å². The number of nitrogens with two attached hydrogens (primary N) is 1. The molecule has 2 spiro atoms. The van der Waals surface area contributed by atoms with Gasteiger partial charge in [-0.1, -0.05) is 25.1 Å². The Labute approximate surface area is 209 Å². The second-order valence-corrected chi connectivity index (χ2v) is 12.2. The van der Waals surface area contributed by atoms with Gasteiger partial charge in [-0.25, -0.2) is 4.39 Å². The number of nitrogen functional groups attached to an aromatic ring is 1. The van der Waals surface area contributed by atoms with Gasteiger partial charge in [0.1, 0.15) is 17.2 Å². The minimum absolute atomic E-state index is 0.122. The minimum Gasteiger partial charge on any atom is -0.424 e. The fourth-order valence-corrected chi connectivity index (χ4v) is 8.54. The molecule has 1 aromatic carbocycles. The van der Waals surface area contributed by atoms with E-state index in [1.165, 1.54) is 5.57 Å². The maximum Gasteiger partial charge on any atom is 0.292 e. The molecule has 3 fully saturated rings. The van der Waals surface area contributed by atoms with E-state index in [1.807, 2.05) is 31.1 Å². The van der Waals surface area contributed by atoms with Crippen LogP contribution in [0.2, 0.25) is 0 Å². The predicted molar refractivity (Wildman–Crippen MR) is 134 cm³/mol. The van der Waals surface area contributed by atoms with Crippen molar-refractivity contribution in [3.63, 3.8) is 0 Å². The Morgan fingerprint density at radius 3 is 2.78 bits per heavy atom. The summed E-state index contributed by atoms with van der Waals surface area (Å²) in [6.07, 6.45) is 5.23. The molecular weight excluding hydrogens is 461 g/mol. The van der Waals surface area contributed by atoms with E-state index in [0.29, 0.717) is 18.4 Å².